The van der Waals surface area contributed by atoms with Gasteiger partial charge in [-0.3, -0.25) is 4.40 Å². The van der Waals surface area contributed by atoms with Gasteiger partial charge < -0.3 is 10.6 Å². The normalized spacial score (nSPS) is 19.9. The van der Waals surface area contributed by atoms with E-state index in [1.165, 1.54) is 76.1 Å². The van der Waals surface area contributed by atoms with Crippen LogP contribution >= 0.6 is 11.3 Å². The Labute approximate surface area is 199 Å². The van der Waals surface area contributed by atoms with Crippen molar-refractivity contribution in [1.82, 2.24) is 4.40 Å². The quantitative estimate of drug-likeness (QED) is 0.226. The second-order valence-corrected chi connectivity index (χ2v) is 10.9. The van der Waals surface area contributed by atoms with Crippen molar-refractivity contribution in [3.63, 3.8) is 0 Å². The van der Waals surface area contributed by atoms with Gasteiger partial charge in [0.2, 0.25) is 0 Å². The summed E-state index contributed by atoms with van der Waals surface area (Å²) in [6.45, 7) is 0. The van der Waals surface area contributed by atoms with E-state index in [0.29, 0.717) is 12.1 Å². The smallest absolute Gasteiger partial charge is 0.136 e. The average molecular weight is 456 g/mol. The predicted octanol–water partition coefficient (Wildman–Crippen LogP) is 8.13. The van der Waals surface area contributed by atoms with Crippen molar-refractivity contribution in [2.75, 3.05) is 10.6 Å². The molecule has 9 rings (SSSR count). The molecule has 2 unspecified atom stereocenters. The number of nitrogens with zero attached hydrogens (tertiary/aromatic N) is 1. The number of thiophene rings is 1. The Morgan fingerprint density at radius 3 is 2.65 bits per heavy atom. The number of fused-ring (bicyclic) bond motifs is 12. The minimum Gasteiger partial charge on any atom is -0.376 e. The number of aromatic nitrogens is 1. The first kappa shape index (κ1) is 17.7. The van der Waals surface area contributed by atoms with Crippen molar-refractivity contribution in [3.8, 4) is 0 Å². The number of hydrogen-bond acceptors (Lipinski definition) is 3. The summed E-state index contributed by atoms with van der Waals surface area (Å²) in [4.78, 5) is 0. The highest BCUT2D eigenvalue weighted by molar-refractivity contribution is 7.25. The van der Waals surface area contributed by atoms with Gasteiger partial charge in [-0.25, -0.2) is 0 Å². The van der Waals surface area contributed by atoms with Crippen LogP contribution in [0, 0.1) is 0 Å². The first-order chi connectivity index (χ1) is 16.8. The van der Waals surface area contributed by atoms with E-state index in [9.17, 15) is 0 Å². The van der Waals surface area contributed by atoms with Crippen LogP contribution in [0.4, 0.5) is 11.5 Å². The van der Waals surface area contributed by atoms with Crippen molar-refractivity contribution in [2.45, 2.75) is 24.9 Å². The zero-order valence-corrected chi connectivity index (χ0v) is 19.2. The molecule has 2 atom stereocenters. The van der Waals surface area contributed by atoms with E-state index in [4.69, 9.17) is 0 Å². The van der Waals surface area contributed by atoms with E-state index in [2.05, 4.69) is 93.9 Å². The maximum Gasteiger partial charge on any atom is 0.136 e. The second-order valence-electron chi connectivity index (χ2n) is 9.82. The van der Waals surface area contributed by atoms with Crippen molar-refractivity contribution in [1.29, 1.82) is 0 Å². The van der Waals surface area contributed by atoms with Crippen LogP contribution in [-0.2, 0) is 0 Å². The predicted molar refractivity (Wildman–Crippen MR) is 147 cm³/mol. The molecular weight excluding hydrogens is 434 g/mol. The number of nitrogens with one attached hydrogen (secondary N) is 2. The Hall–Kier alpha value is -3.76. The van der Waals surface area contributed by atoms with Crippen LogP contribution in [0.1, 0.15) is 12.8 Å². The van der Waals surface area contributed by atoms with Crippen molar-refractivity contribution in [2.24, 2.45) is 0 Å². The third-order valence-electron chi connectivity index (χ3n) is 8.03. The molecule has 0 spiro atoms. The van der Waals surface area contributed by atoms with E-state index in [-0.39, 0.29) is 0 Å². The van der Waals surface area contributed by atoms with Gasteiger partial charge in [0.1, 0.15) is 5.82 Å². The van der Waals surface area contributed by atoms with Gasteiger partial charge in [0.15, 0.2) is 0 Å². The Kier molecular flexibility index (Phi) is 3.13. The van der Waals surface area contributed by atoms with E-state index >= 15 is 0 Å². The summed E-state index contributed by atoms with van der Waals surface area (Å²) < 4.78 is 5.21. The largest absolute Gasteiger partial charge is 0.376 e. The summed E-state index contributed by atoms with van der Waals surface area (Å²) in [5.41, 5.74) is 3.90. The summed E-state index contributed by atoms with van der Waals surface area (Å²) >= 11 is 1.90. The van der Waals surface area contributed by atoms with Gasteiger partial charge in [0.05, 0.1) is 28.8 Å². The Bertz CT molecular complexity index is 1990. The van der Waals surface area contributed by atoms with Crippen molar-refractivity contribution < 1.29 is 0 Å². The number of benzene rings is 4. The van der Waals surface area contributed by atoms with E-state index in [0.717, 1.165) is 6.42 Å². The van der Waals surface area contributed by atoms with Crippen molar-refractivity contribution in [3.05, 3.63) is 78.9 Å². The highest BCUT2D eigenvalue weighted by atomic mass is 32.1. The molecule has 162 valence electrons. The molecule has 0 radical (unpaired) electrons. The fourth-order valence-electron chi connectivity index (χ4n) is 6.54. The van der Waals surface area contributed by atoms with Gasteiger partial charge in [-0.2, -0.15) is 0 Å². The minimum absolute atomic E-state index is 0.330. The Morgan fingerprint density at radius 2 is 1.68 bits per heavy atom. The lowest BCUT2D eigenvalue weighted by Gasteiger charge is -2.35. The molecular formula is C30H21N3S. The lowest BCUT2D eigenvalue weighted by molar-refractivity contribution is 0.587. The van der Waals surface area contributed by atoms with Crippen LogP contribution in [0.5, 0.6) is 0 Å². The molecule has 0 fully saturated rings. The molecule has 3 aromatic heterocycles. The minimum atomic E-state index is 0.330. The molecule has 34 heavy (non-hydrogen) atoms. The Balaban J connectivity index is 1.52. The van der Waals surface area contributed by atoms with Crippen LogP contribution in [-0.4, -0.2) is 16.5 Å². The highest BCUT2D eigenvalue weighted by Gasteiger charge is 2.33. The molecule has 0 bridgehead atoms. The van der Waals surface area contributed by atoms with Gasteiger partial charge in [0, 0.05) is 36.3 Å². The summed E-state index contributed by atoms with van der Waals surface area (Å²) in [5, 5.41) is 17.3. The summed E-state index contributed by atoms with van der Waals surface area (Å²) in [5.74, 6) is 1.21. The molecule has 4 aromatic carbocycles. The molecule has 4 heteroatoms. The number of rotatable bonds is 0. The molecule has 0 saturated carbocycles. The van der Waals surface area contributed by atoms with Gasteiger partial charge >= 0.3 is 0 Å². The lowest BCUT2D eigenvalue weighted by atomic mass is 9.94. The first-order valence-corrected chi connectivity index (χ1v) is 12.9. The van der Waals surface area contributed by atoms with Gasteiger partial charge in [-0.15, -0.1) is 11.3 Å². The fraction of sp³-hybridized carbons (Fsp3) is 0.133. The lowest BCUT2D eigenvalue weighted by Crippen LogP contribution is -2.43. The van der Waals surface area contributed by atoms with Gasteiger partial charge in [-0.05, 0) is 47.9 Å². The molecule has 2 N–H and O–H groups in total. The van der Waals surface area contributed by atoms with Gasteiger partial charge in [0.25, 0.3) is 0 Å². The van der Waals surface area contributed by atoms with Crippen LogP contribution < -0.4 is 10.6 Å². The SMILES string of the molecule is C1=CC2Nc3c(c4cc5ccccc5c5c6cc7c(cc6n3c45)sc3ccccc37)NC2CC1. The monoisotopic (exact) mass is 455 g/mol. The number of anilines is 2. The maximum absolute atomic E-state index is 3.95. The zero-order valence-electron chi connectivity index (χ0n) is 18.4. The van der Waals surface area contributed by atoms with E-state index in [1.54, 1.807) is 0 Å². The van der Waals surface area contributed by atoms with Crippen LogP contribution in [0.25, 0.3) is 58.1 Å². The molecule has 1 aliphatic heterocycles. The fourth-order valence-corrected chi connectivity index (χ4v) is 7.66. The Morgan fingerprint density at radius 1 is 0.794 bits per heavy atom. The summed E-state index contributed by atoms with van der Waals surface area (Å²) in [6, 6.07) is 25.7. The molecule has 3 nitrogen and oxygen atoms in total. The second kappa shape index (κ2) is 6.02. The zero-order chi connectivity index (χ0) is 22.0. The number of allylic oxidation sites excluding steroid dienone is 1. The third kappa shape index (κ3) is 2.04. The highest BCUT2D eigenvalue weighted by Crippen LogP contribution is 2.49. The molecule has 2 aliphatic rings. The molecule has 0 saturated heterocycles. The van der Waals surface area contributed by atoms with Gasteiger partial charge in [-0.1, -0.05) is 54.6 Å². The van der Waals surface area contributed by atoms with Crippen LogP contribution in [0.15, 0.2) is 78.9 Å². The first-order valence-electron chi connectivity index (χ1n) is 12.1. The van der Waals surface area contributed by atoms with E-state index in [1.807, 2.05) is 11.3 Å². The van der Waals surface area contributed by atoms with Crippen molar-refractivity contribution >= 4 is 81.0 Å². The standard InChI is InChI=1S/C30H21N3S/c1-2-8-17-16(7-1)13-21-28-30(32-23-11-5-4-10-22(23)31-28)33-24-15-26-19(14-20(24)27(17)29(21)33)18-9-3-6-12-25(18)34-26/h1-3,5-9,11-15,22-23,31-32H,4,10H2. The summed E-state index contributed by atoms with van der Waals surface area (Å²) in [7, 11) is 0. The third-order valence-corrected chi connectivity index (χ3v) is 9.17. The number of hydrogen-bond donors (Lipinski definition) is 2. The maximum atomic E-state index is 3.95. The molecule has 4 heterocycles. The van der Waals surface area contributed by atoms with Crippen LogP contribution in [0.3, 0.4) is 0 Å². The topological polar surface area (TPSA) is 28.5 Å². The summed E-state index contributed by atoms with van der Waals surface area (Å²) in [6.07, 6.45) is 6.98. The van der Waals surface area contributed by atoms with Crippen LogP contribution in [0.2, 0.25) is 0 Å². The molecule has 1 aliphatic carbocycles. The molecule has 7 aromatic rings. The van der Waals surface area contributed by atoms with E-state index < -0.39 is 0 Å². The molecule has 0 amide bonds. The average Bonchev–Trinajstić information content (AvgIpc) is 3.51.